The number of aromatic nitrogens is 1. The van der Waals surface area contributed by atoms with Crippen LogP contribution in [0.3, 0.4) is 0 Å². The van der Waals surface area contributed by atoms with Crippen molar-refractivity contribution in [2.75, 3.05) is 18.6 Å². The van der Waals surface area contributed by atoms with Crippen molar-refractivity contribution >= 4 is 41.0 Å². The molecule has 1 atom stereocenters. The van der Waals surface area contributed by atoms with Crippen LogP contribution >= 0.6 is 11.8 Å². The molecule has 0 radical (unpaired) electrons. The number of nitriles is 1. The second-order valence-corrected chi connectivity index (χ2v) is 12.7. The van der Waals surface area contributed by atoms with E-state index in [0.717, 1.165) is 39.8 Å². The second-order valence-electron chi connectivity index (χ2n) is 11.5. The van der Waals surface area contributed by atoms with Gasteiger partial charge in [0.1, 0.15) is 16.8 Å². The summed E-state index contributed by atoms with van der Waals surface area (Å²) in [5, 5.41) is 9.25. The van der Waals surface area contributed by atoms with Gasteiger partial charge in [0, 0.05) is 17.5 Å². The third-order valence-corrected chi connectivity index (χ3v) is 9.70. The Bertz CT molecular complexity index is 2210. The molecule has 0 N–H and O–H groups in total. The number of Topliss-reactive ketones (excluding diaryl/α,β-unsaturated/α-hetero) is 1. The Balaban J connectivity index is 0.993. The fourth-order valence-electron chi connectivity index (χ4n) is 6.02. The molecule has 2 amide bonds. The van der Waals surface area contributed by atoms with Crippen molar-refractivity contribution in [3.8, 4) is 34.2 Å². The van der Waals surface area contributed by atoms with Crippen LogP contribution in [0.5, 0.6) is 5.75 Å². The third kappa shape index (κ3) is 6.20. The van der Waals surface area contributed by atoms with Crippen molar-refractivity contribution in [3.63, 3.8) is 0 Å². The highest BCUT2D eigenvalue weighted by atomic mass is 32.2. The number of ether oxygens (including phenoxy) is 2. The molecule has 2 aliphatic rings. The lowest BCUT2D eigenvalue weighted by Crippen LogP contribution is -2.31. The summed E-state index contributed by atoms with van der Waals surface area (Å²) in [6.45, 7) is -0.425. The summed E-state index contributed by atoms with van der Waals surface area (Å²) < 4.78 is 10.6. The fourth-order valence-corrected chi connectivity index (χ4v) is 7.12. The lowest BCUT2D eigenvalue weighted by atomic mass is 10.0. The molecular formula is C39H27N3O6S. The molecule has 0 bridgehead atoms. The fraction of sp³-hybridized carbons (Fsp3) is 0.128. The molecular weight excluding hydrogens is 639 g/mol. The van der Waals surface area contributed by atoms with Gasteiger partial charge in [-0.25, -0.2) is 14.7 Å². The van der Waals surface area contributed by atoms with Crippen LogP contribution in [0.25, 0.3) is 22.4 Å². The number of imide groups is 1. The van der Waals surface area contributed by atoms with Gasteiger partial charge in [-0.3, -0.25) is 14.4 Å². The van der Waals surface area contributed by atoms with E-state index in [-0.39, 0.29) is 17.8 Å². The molecule has 1 saturated heterocycles. The molecule has 0 spiro atoms. The maximum absolute atomic E-state index is 13.5. The van der Waals surface area contributed by atoms with Crippen molar-refractivity contribution in [2.45, 2.75) is 23.1 Å². The van der Waals surface area contributed by atoms with Crippen molar-refractivity contribution in [2.24, 2.45) is 0 Å². The summed E-state index contributed by atoms with van der Waals surface area (Å²) in [6, 6.07) is 32.3. The third-order valence-electron chi connectivity index (χ3n) is 8.52. The number of pyridine rings is 1. The number of rotatable bonds is 9. The minimum atomic E-state index is -0.795. The van der Waals surface area contributed by atoms with Crippen molar-refractivity contribution in [3.05, 3.63) is 131 Å². The number of carbonyl (C=O) groups excluding carboxylic acids is 4. The van der Waals surface area contributed by atoms with Crippen molar-refractivity contribution in [1.82, 2.24) is 4.98 Å². The summed E-state index contributed by atoms with van der Waals surface area (Å²) in [5.74, 6) is -1.23. The highest BCUT2D eigenvalue weighted by Gasteiger charge is 2.41. The van der Waals surface area contributed by atoms with Crippen LogP contribution in [0.4, 0.5) is 5.69 Å². The van der Waals surface area contributed by atoms with E-state index in [1.54, 1.807) is 25.3 Å². The van der Waals surface area contributed by atoms with Gasteiger partial charge in [-0.2, -0.15) is 5.26 Å². The van der Waals surface area contributed by atoms with Gasteiger partial charge < -0.3 is 9.47 Å². The Kier molecular flexibility index (Phi) is 8.51. The topological polar surface area (TPSA) is 127 Å². The number of esters is 1. The molecule has 0 saturated carbocycles. The molecule has 4 aromatic carbocycles. The number of fused-ring (bicyclic) bond motifs is 3. The zero-order chi connectivity index (χ0) is 34.1. The highest BCUT2D eigenvalue weighted by molar-refractivity contribution is 8.00. The molecule has 1 aliphatic carbocycles. The summed E-state index contributed by atoms with van der Waals surface area (Å²) in [7, 11) is 1.57. The SMILES string of the molecule is COc1cccc(-c2ccc(C#N)c(SC3CC(=O)N(c4ccc(C(=O)OCC(=O)c5ccc6c(c5)Cc5ccccc5-6)cc4)C3=O)n2)c1. The first-order valence-electron chi connectivity index (χ1n) is 15.4. The predicted molar refractivity (Wildman–Crippen MR) is 183 cm³/mol. The van der Waals surface area contributed by atoms with E-state index >= 15 is 0 Å². The molecule has 1 fully saturated rings. The Morgan fingerprint density at radius 2 is 1.67 bits per heavy atom. The quantitative estimate of drug-likeness (QED) is 0.0946. The first-order chi connectivity index (χ1) is 23.8. The maximum atomic E-state index is 13.5. The molecule has 7 rings (SSSR count). The standard InChI is InChI=1S/C39H27N3O6S/c1-47-30-7-4-6-25(19-30)33-16-12-27(21-40)37(41-33)49-35-20-36(44)42(38(35)45)29-13-9-23(10-14-29)39(46)48-22-34(43)26-11-15-32-28(18-26)17-24-5-2-3-8-31(24)32/h2-16,18-19,35H,17,20,22H2,1H3. The van der Waals surface area contributed by atoms with E-state index in [1.165, 1.54) is 35.4 Å². The molecule has 1 aliphatic heterocycles. The molecule has 9 nitrogen and oxygen atoms in total. The highest BCUT2D eigenvalue weighted by Crippen LogP contribution is 2.38. The molecule has 49 heavy (non-hydrogen) atoms. The van der Waals surface area contributed by atoms with Crippen LogP contribution in [-0.4, -0.2) is 47.5 Å². The van der Waals surface area contributed by atoms with Gasteiger partial charge in [-0.1, -0.05) is 60.3 Å². The number of amides is 2. The maximum Gasteiger partial charge on any atom is 0.338 e. The summed E-state index contributed by atoms with van der Waals surface area (Å²) in [4.78, 5) is 57.9. The predicted octanol–water partition coefficient (Wildman–Crippen LogP) is 6.66. The number of anilines is 1. The van der Waals surface area contributed by atoms with E-state index in [9.17, 15) is 24.4 Å². The van der Waals surface area contributed by atoms with Gasteiger partial charge in [0.2, 0.25) is 11.8 Å². The monoisotopic (exact) mass is 665 g/mol. The smallest absolute Gasteiger partial charge is 0.338 e. The lowest BCUT2D eigenvalue weighted by Gasteiger charge is -2.15. The average Bonchev–Trinajstić information content (AvgIpc) is 3.65. The Morgan fingerprint density at radius 1 is 0.898 bits per heavy atom. The first-order valence-corrected chi connectivity index (χ1v) is 16.3. The minimum Gasteiger partial charge on any atom is -0.497 e. The normalized spacial score (nSPS) is 14.6. The van der Waals surface area contributed by atoms with Gasteiger partial charge >= 0.3 is 5.97 Å². The van der Waals surface area contributed by atoms with Gasteiger partial charge in [-0.15, -0.1) is 0 Å². The largest absolute Gasteiger partial charge is 0.497 e. The molecule has 1 aromatic heterocycles. The van der Waals surface area contributed by atoms with E-state index < -0.39 is 29.6 Å². The summed E-state index contributed by atoms with van der Waals surface area (Å²) >= 11 is 1.07. The van der Waals surface area contributed by atoms with Gasteiger partial charge in [-0.05, 0) is 83.3 Å². The molecule has 2 heterocycles. The summed E-state index contributed by atoms with van der Waals surface area (Å²) in [6.07, 6.45) is 0.662. The Labute approximate surface area is 286 Å². The number of nitrogens with zero attached hydrogens (tertiary/aromatic N) is 3. The molecule has 10 heteroatoms. The molecule has 1 unspecified atom stereocenters. The van der Waals surface area contributed by atoms with Crippen LogP contribution in [0, 0.1) is 11.3 Å². The number of hydrogen-bond acceptors (Lipinski definition) is 9. The summed E-state index contributed by atoms with van der Waals surface area (Å²) in [5.41, 5.74) is 7.13. The lowest BCUT2D eigenvalue weighted by molar-refractivity contribution is -0.121. The number of benzene rings is 4. The Morgan fingerprint density at radius 3 is 2.47 bits per heavy atom. The van der Waals surface area contributed by atoms with Crippen LogP contribution < -0.4 is 9.64 Å². The van der Waals surface area contributed by atoms with Crippen LogP contribution in [0.2, 0.25) is 0 Å². The van der Waals surface area contributed by atoms with Gasteiger partial charge in [0.25, 0.3) is 0 Å². The molecule has 5 aromatic rings. The first kappa shape index (κ1) is 31.5. The second kappa shape index (κ2) is 13.2. The zero-order valence-electron chi connectivity index (χ0n) is 26.2. The van der Waals surface area contributed by atoms with Crippen molar-refractivity contribution in [1.29, 1.82) is 5.26 Å². The molecule has 240 valence electrons. The number of thioether (sulfide) groups is 1. The van der Waals surface area contributed by atoms with Gasteiger partial charge in [0.15, 0.2) is 12.4 Å². The van der Waals surface area contributed by atoms with Gasteiger partial charge in [0.05, 0.1) is 34.9 Å². The van der Waals surface area contributed by atoms with E-state index in [0.29, 0.717) is 33.3 Å². The number of methoxy groups -OCH3 is 1. The van der Waals surface area contributed by atoms with Crippen LogP contribution in [-0.2, 0) is 20.7 Å². The van der Waals surface area contributed by atoms with Crippen LogP contribution in [0.15, 0.2) is 108 Å². The average molecular weight is 666 g/mol. The van der Waals surface area contributed by atoms with E-state index in [4.69, 9.17) is 9.47 Å². The van der Waals surface area contributed by atoms with Crippen molar-refractivity contribution < 1.29 is 28.7 Å². The zero-order valence-corrected chi connectivity index (χ0v) is 27.0. The Hall–Kier alpha value is -6.05. The van der Waals surface area contributed by atoms with E-state index in [2.05, 4.69) is 23.2 Å². The number of ketones is 1. The minimum absolute atomic E-state index is 0.0832. The van der Waals surface area contributed by atoms with Crippen LogP contribution in [0.1, 0.15) is 43.8 Å². The number of hydrogen-bond donors (Lipinski definition) is 0. The number of carbonyl (C=O) groups is 4. The van der Waals surface area contributed by atoms with E-state index in [1.807, 2.05) is 48.5 Å².